The lowest BCUT2D eigenvalue weighted by molar-refractivity contribution is 0.0628. The average Bonchev–Trinajstić information content (AvgIpc) is 2.78. The SMILES string of the molecule is CCN(C(=O)c1ccc(Cl)cc1O)C1CC2CCC(C1)N2. The van der Waals surface area contributed by atoms with E-state index in [0.29, 0.717) is 29.2 Å². The van der Waals surface area contributed by atoms with E-state index < -0.39 is 0 Å². The highest BCUT2D eigenvalue weighted by molar-refractivity contribution is 6.30. The minimum Gasteiger partial charge on any atom is -0.507 e. The number of aromatic hydroxyl groups is 1. The molecule has 2 atom stereocenters. The van der Waals surface area contributed by atoms with Gasteiger partial charge in [-0.1, -0.05) is 11.6 Å². The molecule has 0 radical (unpaired) electrons. The van der Waals surface area contributed by atoms with E-state index in [4.69, 9.17) is 11.6 Å². The molecular weight excluding hydrogens is 288 g/mol. The van der Waals surface area contributed by atoms with Gasteiger partial charge < -0.3 is 15.3 Å². The molecule has 1 aromatic rings. The van der Waals surface area contributed by atoms with E-state index in [-0.39, 0.29) is 17.7 Å². The number of nitrogens with zero attached hydrogens (tertiary/aromatic N) is 1. The van der Waals surface area contributed by atoms with Gasteiger partial charge in [0, 0.05) is 29.7 Å². The monoisotopic (exact) mass is 308 g/mol. The van der Waals surface area contributed by atoms with Crippen LogP contribution in [0.3, 0.4) is 0 Å². The fourth-order valence-electron chi connectivity index (χ4n) is 3.69. The van der Waals surface area contributed by atoms with Crippen LogP contribution in [-0.4, -0.2) is 40.6 Å². The molecule has 1 aromatic carbocycles. The first-order valence-corrected chi connectivity index (χ1v) is 8.01. The first-order valence-electron chi connectivity index (χ1n) is 7.64. The third-order valence-corrected chi connectivity index (χ3v) is 4.92. The second kappa shape index (κ2) is 5.85. The molecule has 21 heavy (non-hydrogen) atoms. The maximum Gasteiger partial charge on any atom is 0.257 e. The van der Waals surface area contributed by atoms with Gasteiger partial charge in [-0.3, -0.25) is 4.79 Å². The highest BCUT2D eigenvalue weighted by Gasteiger charge is 2.37. The predicted octanol–water partition coefficient (Wildman–Crippen LogP) is 2.79. The highest BCUT2D eigenvalue weighted by atomic mass is 35.5. The number of hydrogen-bond acceptors (Lipinski definition) is 3. The van der Waals surface area contributed by atoms with Crippen LogP contribution in [0.15, 0.2) is 18.2 Å². The summed E-state index contributed by atoms with van der Waals surface area (Å²) in [5, 5.41) is 14.0. The van der Waals surface area contributed by atoms with Gasteiger partial charge in [0.15, 0.2) is 0 Å². The minimum atomic E-state index is -0.0991. The summed E-state index contributed by atoms with van der Waals surface area (Å²) in [5.41, 5.74) is 0.340. The molecule has 2 aliphatic rings. The maximum absolute atomic E-state index is 12.7. The molecule has 2 heterocycles. The van der Waals surface area contributed by atoms with E-state index in [2.05, 4.69) is 5.32 Å². The molecule has 2 bridgehead atoms. The van der Waals surface area contributed by atoms with Crippen molar-refractivity contribution >= 4 is 17.5 Å². The number of carbonyl (C=O) groups is 1. The fraction of sp³-hybridized carbons (Fsp3) is 0.562. The van der Waals surface area contributed by atoms with Gasteiger partial charge in [0.1, 0.15) is 5.75 Å². The second-order valence-electron chi connectivity index (χ2n) is 6.02. The van der Waals surface area contributed by atoms with E-state index in [1.54, 1.807) is 12.1 Å². The third-order valence-electron chi connectivity index (χ3n) is 4.68. The molecule has 2 N–H and O–H groups in total. The van der Waals surface area contributed by atoms with Crippen molar-refractivity contribution in [3.05, 3.63) is 28.8 Å². The van der Waals surface area contributed by atoms with E-state index in [1.165, 1.54) is 18.9 Å². The van der Waals surface area contributed by atoms with Crippen molar-refractivity contribution in [2.45, 2.75) is 50.7 Å². The van der Waals surface area contributed by atoms with E-state index in [9.17, 15) is 9.90 Å². The van der Waals surface area contributed by atoms with Crippen LogP contribution in [0.1, 0.15) is 43.0 Å². The summed E-state index contributed by atoms with van der Waals surface area (Å²) in [6.07, 6.45) is 4.42. The van der Waals surface area contributed by atoms with Crippen molar-refractivity contribution in [1.29, 1.82) is 0 Å². The van der Waals surface area contributed by atoms with Crippen molar-refractivity contribution in [3.63, 3.8) is 0 Å². The van der Waals surface area contributed by atoms with Crippen LogP contribution in [-0.2, 0) is 0 Å². The highest BCUT2D eigenvalue weighted by Crippen LogP contribution is 2.31. The number of rotatable bonds is 3. The van der Waals surface area contributed by atoms with Gasteiger partial charge in [-0.2, -0.15) is 0 Å². The Morgan fingerprint density at radius 2 is 2.05 bits per heavy atom. The number of carbonyl (C=O) groups excluding carboxylic acids is 1. The number of benzene rings is 1. The van der Waals surface area contributed by atoms with Crippen LogP contribution in [0.25, 0.3) is 0 Å². The van der Waals surface area contributed by atoms with Crippen molar-refractivity contribution in [2.24, 2.45) is 0 Å². The molecule has 0 aromatic heterocycles. The van der Waals surface area contributed by atoms with Crippen LogP contribution < -0.4 is 5.32 Å². The summed E-state index contributed by atoms with van der Waals surface area (Å²) in [6, 6.07) is 6.02. The third kappa shape index (κ3) is 2.87. The first-order chi connectivity index (χ1) is 10.1. The molecule has 0 spiro atoms. The number of halogens is 1. The molecule has 2 unspecified atom stereocenters. The molecule has 0 saturated carbocycles. The van der Waals surface area contributed by atoms with Crippen LogP contribution >= 0.6 is 11.6 Å². The molecular formula is C16H21ClN2O2. The normalized spacial score (nSPS) is 27.6. The molecule has 0 aliphatic carbocycles. The molecule has 2 fully saturated rings. The summed E-state index contributed by atoms with van der Waals surface area (Å²) < 4.78 is 0. The van der Waals surface area contributed by atoms with Gasteiger partial charge in [-0.05, 0) is 50.8 Å². The van der Waals surface area contributed by atoms with Crippen LogP contribution in [0.5, 0.6) is 5.75 Å². The lowest BCUT2D eigenvalue weighted by Gasteiger charge is -2.37. The number of amides is 1. The van der Waals surface area contributed by atoms with E-state index >= 15 is 0 Å². The number of phenolic OH excluding ortho intramolecular Hbond substituents is 1. The molecule has 4 nitrogen and oxygen atoms in total. The smallest absolute Gasteiger partial charge is 0.257 e. The number of fused-ring (bicyclic) bond motifs is 2. The van der Waals surface area contributed by atoms with Gasteiger partial charge in [-0.15, -0.1) is 0 Å². The molecule has 2 saturated heterocycles. The van der Waals surface area contributed by atoms with Gasteiger partial charge in [0.05, 0.1) is 5.56 Å². The number of nitrogens with one attached hydrogen (secondary N) is 1. The van der Waals surface area contributed by atoms with E-state index in [1.807, 2.05) is 11.8 Å². The fourth-order valence-corrected chi connectivity index (χ4v) is 3.86. The Kier molecular flexibility index (Phi) is 4.09. The van der Waals surface area contributed by atoms with Gasteiger partial charge in [0.25, 0.3) is 5.91 Å². The summed E-state index contributed by atoms with van der Waals surface area (Å²) >= 11 is 5.84. The van der Waals surface area contributed by atoms with Crippen molar-refractivity contribution in [3.8, 4) is 5.75 Å². The van der Waals surface area contributed by atoms with Gasteiger partial charge in [-0.25, -0.2) is 0 Å². The van der Waals surface area contributed by atoms with Crippen molar-refractivity contribution in [2.75, 3.05) is 6.54 Å². The Morgan fingerprint density at radius 1 is 1.38 bits per heavy atom. The van der Waals surface area contributed by atoms with Crippen LogP contribution in [0.4, 0.5) is 0 Å². The lowest BCUT2D eigenvalue weighted by Crippen LogP contribution is -2.50. The summed E-state index contributed by atoms with van der Waals surface area (Å²) in [4.78, 5) is 14.6. The van der Waals surface area contributed by atoms with Gasteiger partial charge in [0.2, 0.25) is 0 Å². The molecule has 1 amide bonds. The minimum absolute atomic E-state index is 0.0390. The Balaban J connectivity index is 1.80. The lowest BCUT2D eigenvalue weighted by atomic mass is 9.97. The van der Waals surface area contributed by atoms with Crippen molar-refractivity contribution < 1.29 is 9.90 Å². The zero-order valence-corrected chi connectivity index (χ0v) is 12.9. The zero-order chi connectivity index (χ0) is 15.0. The maximum atomic E-state index is 12.7. The van der Waals surface area contributed by atoms with Crippen LogP contribution in [0.2, 0.25) is 5.02 Å². The second-order valence-corrected chi connectivity index (χ2v) is 6.45. The van der Waals surface area contributed by atoms with E-state index in [0.717, 1.165) is 12.8 Å². The van der Waals surface area contributed by atoms with Crippen LogP contribution in [0, 0.1) is 0 Å². The quantitative estimate of drug-likeness (QED) is 0.903. The Labute approximate surface area is 130 Å². The predicted molar refractivity (Wildman–Crippen MR) is 82.8 cm³/mol. The summed E-state index contributed by atoms with van der Waals surface area (Å²) in [5.74, 6) is -0.138. The Morgan fingerprint density at radius 3 is 2.62 bits per heavy atom. The number of phenols is 1. The zero-order valence-electron chi connectivity index (χ0n) is 12.2. The van der Waals surface area contributed by atoms with Gasteiger partial charge >= 0.3 is 0 Å². The first kappa shape index (κ1) is 14.7. The average molecular weight is 309 g/mol. The Bertz CT molecular complexity index is 537. The molecule has 3 rings (SSSR count). The summed E-state index contributed by atoms with van der Waals surface area (Å²) in [7, 11) is 0. The molecule has 5 heteroatoms. The molecule has 2 aliphatic heterocycles. The molecule has 114 valence electrons. The standard InChI is InChI=1S/C16H21ClN2O2/c1-2-19(13-8-11-4-5-12(9-13)18-11)16(21)14-6-3-10(17)7-15(14)20/h3,6-7,11-13,18,20H,2,4-5,8-9H2,1H3. The topological polar surface area (TPSA) is 52.6 Å². The number of hydrogen-bond donors (Lipinski definition) is 2. The Hall–Kier alpha value is -1.26. The van der Waals surface area contributed by atoms with Crippen molar-refractivity contribution in [1.82, 2.24) is 10.2 Å². The largest absolute Gasteiger partial charge is 0.507 e. The number of piperidine rings is 1. The summed E-state index contributed by atoms with van der Waals surface area (Å²) in [6.45, 7) is 2.65.